The Balaban J connectivity index is 1.70. The predicted octanol–water partition coefficient (Wildman–Crippen LogP) is 2.49. The van der Waals surface area contributed by atoms with E-state index >= 15 is 0 Å². The van der Waals surface area contributed by atoms with E-state index in [0.717, 1.165) is 54.7 Å². The minimum atomic E-state index is 0.0910. The number of anilines is 2. The quantitative estimate of drug-likeness (QED) is 0.922. The van der Waals surface area contributed by atoms with Crippen molar-refractivity contribution < 1.29 is 4.79 Å². The number of benzene rings is 1. The SMILES string of the molecule is CCc1nsc(N2CCCN(C(=O)c3ccccc3NC)CC2)n1. The van der Waals surface area contributed by atoms with E-state index in [1.54, 1.807) is 0 Å². The fourth-order valence-corrected chi connectivity index (χ4v) is 3.69. The normalized spacial score (nSPS) is 15.2. The van der Waals surface area contributed by atoms with Gasteiger partial charge in [0.05, 0.1) is 5.56 Å². The van der Waals surface area contributed by atoms with Crippen LogP contribution in [0.15, 0.2) is 24.3 Å². The first-order valence-electron chi connectivity index (χ1n) is 8.36. The Bertz CT molecular complexity index is 702. The molecular weight excluding hydrogens is 322 g/mol. The van der Waals surface area contributed by atoms with Crippen molar-refractivity contribution in [3.63, 3.8) is 0 Å². The van der Waals surface area contributed by atoms with Crippen molar-refractivity contribution in [2.24, 2.45) is 0 Å². The molecule has 0 aliphatic carbocycles. The molecule has 2 aromatic rings. The number of nitrogens with zero attached hydrogens (tertiary/aromatic N) is 4. The number of aryl methyl sites for hydroxylation is 1. The van der Waals surface area contributed by atoms with Crippen molar-refractivity contribution in [3.8, 4) is 0 Å². The van der Waals surface area contributed by atoms with E-state index in [1.165, 1.54) is 11.5 Å². The van der Waals surface area contributed by atoms with Crippen molar-refractivity contribution in [3.05, 3.63) is 35.7 Å². The third kappa shape index (κ3) is 3.51. The van der Waals surface area contributed by atoms with Gasteiger partial charge in [0, 0.05) is 56.9 Å². The van der Waals surface area contributed by atoms with Gasteiger partial charge in [-0.25, -0.2) is 4.98 Å². The molecule has 0 bridgehead atoms. The van der Waals surface area contributed by atoms with Gasteiger partial charge in [-0.05, 0) is 18.6 Å². The van der Waals surface area contributed by atoms with Gasteiger partial charge < -0.3 is 15.1 Å². The van der Waals surface area contributed by atoms with E-state index in [0.29, 0.717) is 6.54 Å². The number of hydrogen-bond donors (Lipinski definition) is 1. The van der Waals surface area contributed by atoms with Gasteiger partial charge in [0.25, 0.3) is 5.91 Å². The molecule has 1 aromatic carbocycles. The smallest absolute Gasteiger partial charge is 0.256 e. The van der Waals surface area contributed by atoms with Crippen molar-refractivity contribution in [2.45, 2.75) is 19.8 Å². The fourth-order valence-electron chi connectivity index (χ4n) is 2.89. The second-order valence-electron chi connectivity index (χ2n) is 5.78. The molecule has 1 aromatic heterocycles. The topological polar surface area (TPSA) is 61.4 Å². The minimum absolute atomic E-state index is 0.0910. The van der Waals surface area contributed by atoms with Crippen LogP contribution in [0.5, 0.6) is 0 Å². The second kappa shape index (κ2) is 7.61. The molecule has 2 heterocycles. The highest BCUT2D eigenvalue weighted by molar-refractivity contribution is 7.09. The summed E-state index contributed by atoms with van der Waals surface area (Å²) in [6.45, 7) is 5.25. The standard InChI is InChI=1S/C17H23N5OS/c1-3-15-19-17(24-20-15)22-10-6-9-21(11-12-22)16(23)13-7-4-5-8-14(13)18-2/h4-5,7-8,18H,3,6,9-12H2,1-2H3. The van der Waals surface area contributed by atoms with Crippen LogP contribution in [0.4, 0.5) is 10.8 Å². The maximum absolute atomic E-state index is 12.9. The third-order valence-electron chi connectivity index (χ3n) is 4.25. The summed E-state index contributed by atoms with van der Waals surface area (Å²) in [5.41, 5.74) is 1.61. The highest BCUT2D eigenvalue weighted by Gasteiger charge is 2.23. The number of para-hydroxylation sites is 1. The Morgan fingerprint density at radius 1 is 1.25 bits per heavy atom. The Morgan fingerprint density at radius 3 is 2.83 bits per heavy atom. The summed E-state index contributed by atoms with van der Waals surface area (Å²) in [5, 5.41) is 4.07. The number of aromatic nitrogens is 2. The maximum atomic E-state index is 12.9. The van der Waals surface area contributed by atoms with E-state index in [-0.39, 0.29) is 5.91 Å². The molecule has 0 atom stereocenters. The molecule has 7 heteroatoms. The Kier molecular flexibility index (Phi) is 5.30. The summed E-state index contributed by atoms with van der Waals surface area (Å²) >= 11 is 1.45. The largest absolute Gasteiger partial charge is 0.387 e. The van der Waals surface area contributed by atoms with Crippen LogP contribution in [0.1, 0.15) is 29.5 Å². The van der Waals surface area contributed by atoms with Crippen LogP contribution in [0.2, 0.25) is 0 Å². The molecule has 0 unspecified atom stereocenters. The lowest BCUT2D eigenvalue weighted by Gasteiger charge is -2.22. The van der Waals surface area contributed by atoms with Gasteiger partial charge in [-0.2, -0.15) is 4.37 Å². The van der Waals surface area contributed by atoms with Crippen molar-refractivity contribution >= 4 is 28.3 Å². The summed E-state index contributed by atoms with van der Waals surface area (Å²) in [7, 11) is 1.84. The first-order valence-corrected chi connectivity index (χ1v) is 9.14. The molecule has 1 amide bonds. The second-order valence-corrected chi connectivity index (χ2v) is 6.51. The highest BCUT2D eigenvalue weighted by Crippen LogP contribution is 2.21. The summed E-state index contributed by atoms with van der Waals surface area (Å²) in [6, 6.07) is 7.67. The van der Waals surface area contributed by atoms with Gasteiger partial charge in [-0.1, -0.05) is 19.1 Å². The van der Waals surface area contributed by atoms with Crippen LogP contribution in [0, 0.1) is 0 Å². The molecule has 24 heavy (non-hydrogen) atoms. The number of carbonyl (C=O) groups is 1. The summed E-state index contributed by atoms with van der Waals surface area (Å²) < 4.78 is 4.36. The van der Waals surface area contributed by atoms with E-state index in [4.69, 9.17) is 0 Å². The van der Waals surface area contributed by atoms with Gasteiger partial charge >= 0.3 is 0 Å². The number of carbonyl (C=O) groups excluding carboxylic acids is 1. The lowest BCUT2D eigenvalue weighted by atomic mass is 10.1. The first kappa shape index (κ1) is 16.7. The average Bonchev–Trinajstić information content (AvgIpc) is 2.98. The zero-order valence-corrected chi connectivity index (χ0v) is 15.0. The molecule has 1 fully saturated rings. The summed E-state index contributed by atoms with van der Waals surface area (Å²) in [4.78, 5) is 21.6. The zero-order valence-electron chi connectivity index (χ0n) is 14.2. The molecular formula is C17H23N5OS. The molecule has 1 saturated heterocycles. The lowest BCUT2D eigenvalue weighted by Crippen LogP contribution is -2.35. The van der Waals surface area contributed by atoms with E-state index < -0.39 is 0 Å². The first-order chi connectivity index (χ1) is 11.7. The molecule has 0 spiro atoms. The van der Waals surface area contributed by atoms with Crippen LogP contribution in [0.25, 0.3) is 0 Å². The number of nitrogens with one attached hydrogen (secondary N) is 1. The summed E-state index contributed by atoms with van der Waals surface area (Å²) in [6.07, 6.45) is 1.80. The highest BCUT2D eigenvalue weighted by atomic mass is 32.1. The van der Waals surface area contributed by atoms with E-state index in [1.807, 2.05) is 36.2 Å². The number of rotatable bonds is 4. The Morgan fingerprint density at radius 2 is 2.08 bits per heavy atom. The molecule has 6 nitrogen and oxygen atoms in total. The predicted molar refractivity (Wildman–Crippen MR) is 98.0 cm³/mol. The lowest BCUT2D eigenvalue weighted by molar-refractivity contribution is 0.0768. The number of amides is 1. The van der Waals surface area contributed by atoms with Crippen LogP contribution in [-0.4, -0.2) is 53.4 Å². The molecule has 0 radical (unpaired) electrons. The van der Waals surface area contributed by atoms with Gasteiger partial charge in [0.1, 0.15) is 5.82 Å². The molecule has 0 saturated carbocycles. The van der Waals surface area contributed by atoms with Gasteiger partial charge in [-0.15, -0.1) is 0 Å². The van der Waals surface area contributed by atoms with E-state index in [9.17, 15) is 4.79 Å². The van der Waals surface area contributed by atoms with Crippen LogP contribution in [-0.2, 0) is 6.42 Å². The monoisotopic (exact) mass is 345 g/mol. The van der Waals surface area contributed by atoms with Crippen molar-refractivity contribution in [1.29, 1.82) is 0 Å². The fraction of sp³-hybridized carbons (Fsp3) is 0.471. The van der Waals surface area contributed by atoms with Crippen LogP contribution < -0.4 is 10.2 Å². The molecule has 1 aliphatic rings. The summed E-state index contributed by atoms with van der Waals surface area (Å²) in [5.74, 6) is 0.989. The van der Waals surface area contributed by atoms with Crippen LogP contribution in [0.3, 0.4) is 0 Å². The molecule has 1 aliphatic heterocycles. The molecule has 128 valence electrons. The van der Waals surface area contributed by atoms with Crippen molar-refractivity contribution in [2.75, 3.05) is 43.4 Å². The van der Waals surface area contributed by atoms with Gasteiger partial charge in [0.2, 0.25) is 5.13 Å². The van der Waals surface area contributed by atoms with E-state index in [2.05, 4.69) is 26.5 Å². The van der Waals surface area contributed by atoms with Crippen molar-refractivity contribution in [1.82, 2.24) is 14.3 Å². The Hall–Kier alpha value is -2.15. The zero-order chi connectivity index (χ0) is 16.9. The Labute approximate surface area is 146 Å². The van der Waals surface area contributed by atoms with Gasteiger partial charge in [0.15, 0.2) is 0 Å². The average molecular weight is 345 g/mol. The number of hydrogen-bond acceptors (Lipinski definition) is 6. The minimum Gasteiger partial charge on any atom is -0.387 e. The van der Waals surface area contributed by atoms with Crippen LogP contribution >= 0.6 is 11.5 Å². The third-order valence-corrected chi connectivity index (χ3v) is 5.07. The maximum Gasteiger partial charge on any atom is 0.256 e. The van der Waals surface area contributed by atoms with Gasteiger partial charge in [-0.3, -0.25) is 4.79 Å². The molecule has 3 rings (SSSR count). The molecule has 1 N–H and O–H groups in total.